The molecule has 250 valence electrons. The number of anilines is 1. The van der Waals surface area contributed by atoms with Crippen molar-refractivity contribution in [3.8, 4) is 17.1 Å². The average molecular weight is 662 g/mol. The molecule has 11 nitrogen and oxygen atoms in total. The van der Waals surface area contributed by atoms with Crippen LogP contribution < -0.4 is 14.8 Å². The standard InChI is InChI=1S/C35H43N5O6S/c1-6-45-34(42)36-25-16-35(17-25)18-27(19-35)40-26(13-21(2)3)20-46-30-15-29(31-22(4)9-7-10-23(31)5)37-33(38-30)39-47(43,44)28-12-8-11-24(14-28)32(40)41/h7-12,14-15,21,25-27H,6,13,16-20H2,1-5H3,(H,36,42)(H,37,38,39)/t25-,26-,27-,35?/m1/s1. The second-order valence-corrected chi connectivity index (χ2v) is 15.3. The molecule has 1 spiro atoms. The van der Waals surface area contributed by atoms with Gasteiger partial charge in [0.2, 0.25) is 11.8 Å². The molecule has 1 aliphatic heterocycles. The summed E-state index contributed by atoms with van der Waals surface area (Å²) in [6, 6.07) is 13.5. The molecule has 2 heterocycles. The van der Waals surface area contributed by atoms with Crippen LogP contribution in [0.25, 0.3) is 11.3 Å². The largest absolute Gasteiger partial charge is 0.475 e. The van der Waals surface area contributed by atoms with Crippen molar-refractivity contribution in [2.75, 3.05) is 17.9 Å². The second-order valence-electron chi connectivity index (χ2n) is 13.7. The highest BCUT2D eigenvalue weighted by molar-refractivity contribution is 7.92. The molecule has 2 aromatic carbocycles. The minimum Gasteiger partial charge on any atom is -0.475 e. The Morgan fingerprint density at radius 1 is 1.09 bits per heavy atom. The van der Waals surface area contributed by atoms with Crippen molar-refractivity contribution in [3.05, 3.63) is 65.2 Å². The maximum atomic E-state index is 14.4. The number of nitrogens with one attached hydrogen (secondary N) is 2. The number of nitrogens with zero attached hydrogens (tertiary/aromatic N) is 3. The SMILES string of the molecule is CCOC(=O)N[C@H]1CC2(C1)C[C@H](N1C(=O)c3cccc(c3)S(=O)(=O)Nc3nc(cc(-c4c(C)cccc4C)n3)OC[C@H]1CC(C)C)C2. The summed E-state index contributed by atoms with van der Waals surface area (Å²) in [5.74, 6) is 0.139. The lowest BCUT2D eigenvalue weighted by atomic mass is 9.51. The molecule has 47 heavy (non-hydrogen) atoms. The fourth-order valence-corrected chi connectivity index (χ4v) is 8.52. The molecule has 3 aliphatic rings. The van der Waals surface area contributed by atoms with Crippen LogP contribution in [0.4, 0.5) is 10.7 Å². The number of alkyl carbamates (subject to hydrolysis) is 1. The summed E-state index contributed by atoms with van der Waals surface area (Å²) in [4.78, 5) is 37.3. The molecule has 6 rings (SSSR count). The van der Waals surface area contributed by atoms with Gasteiger partial charge in [-0.05, 0) is 93.5 Å². The zero-order valence-corrected chi connectivity index (χ0v) is 28.4. The molecule has 1 atom stereocenters. The van der Waals surface area contributed by atoms with E-state index in [0.717, 1.165) is 42.4 Å². The van der Waals surface area contributed by atoms with Crippen molar-refractivity contribution < 1.29 is 27.5 Å². The summed E-state index contributed by atoms with van der Waals surface area (Å²) in [6.45, 7) is 10.5. The van der Waals surface area contributed by atoms with E-state index in [1.165, 1.54) is 12.1 Å². The molecular formula is C35H43N5O6S. The zero-order valence-electron chi connectivity index (χ0n) is 27.6. The third-order valence-corrected chi connectivity index (χ3v) is 10.9. The molecule has 4 bridgehead atoms. The van der Waals surface area contributed by atoms with E-state index in [2.05, 4.69) is 33.9 Å². The number of aromatic nitrogens is 2. The number of carbonyl (C=O) groups excluding carboxylic acids is 2. The van der Waals surface area contributed by atoms with Crippen LogP contribution in [-0.2, 0) is 14.8 Å². The third kappa shape index (κ3) is 6.79. The number of rotatable bonds is 6. The molecular weight excluding hydrogens is 618 g/mol. The Balaban J connectivity index is 1.36. The predicted octanol–water partition coefficient (Wildman–Crippen LogP) is 5.87. The Labute approximate surface area is 276 Å². The van der Waals surface area contributed by atoms with E-state index < -0.39 is 16.1 Å². The smallest absolute Gasteiger partial charge is 0.407 e. The molecule has 2 fully saturated rings. The topological polar surface area (TPSA) is 140 Å². The van der Waals surface area contributed by atoms with Crippen LogP contribution in [0.2, 0.25) is 0 Å². The van der Waals surface area contributed by atoms with E-state index in [0.29, 0.717) is 24.3 Å². The number of benzene rings is 2. The number of fused-ring (bicyclic) bond motifs is 4. The minimum atomic E-state index is -4.14. The van der Waals surface area contributed by atoms with Crippen LogP contribution in [0.3, 0.4) is 0 Å². The Morgan fingerprint density at radius 2 is 1.79 bits per heavy atom. The van der Waals surface area contributed by atoms with E-state index in [-0.39, 0.29) is 58.7 Å². The summed E-state index contributed by atoms with van der Waals surface area (Å²) in [5.41, 5.74) is 3.73. The molecule has 0 radical (unpaired) electrons. The lowest BCUT2D eigenvalue weighted by molar-refractivity contribution is -0.0774. The van der Waals surface area contributed by atoms with Crippen LogP contribution in [0, 0.1) is 25.2 Å². The van der Waals surface area contributed by atoms with Crippen LogP contribution in [0.5, 0.6) is 5.88 Å². The summed E-state index contributed by atoms with van der Waals surface area (Å²) < 4.78 is 41.2. The number of aryl methyl sites for hydroxylation is 2. The molecule has 12 heteroatoms. The van der Waals surface area contributed by atoms with Crippen LogP contribution in [0.15, 0.2) is 53.4 Å². The molecule has 2 amide bonds. The van der Waals surface area contributed by atoms with Gasteiger partial charge in [-0.1, -0.05) is 38.1 Å². The van der Waals surface area contributed by atoms with Gasteiger partial charge in [0.1, 0.15) is 6.61 Å². The monoisotopic (exact) mass is 661 g/mol. The summed E-state index contributed by atoms with van der Waals surface area (Å²) in [6.07, 6.45) is 3.54. The lowest BCUT2D eigenvalue weighted by Gasteiger charge is -2.60. The molecule has 1 aromatic heterocycles. The third-order valence-electron chi connectivity index (χ3n) is 9.54. The molecule has 0 unspecified atom stereocenters. The first-order chi connectivity index (χ1) is 22.4. The molecule has 2 N–H and O–H groups in total. The van der Waals surface area contributed by atoms with Crippen molar-refractivity contribution >= 4 is 28.0 Å². The number of amides is 2. The predicted molar refractivity (Wildman–Crippen MR) is 178 cm³/mol. The van der Waals surface area contributed by atoms with Gasteiger partial charge in [0.05, 0.1) is 23.2 Å². The highest BCUT2D eigenvalue weighted by Crippen LogP contribution is 2.58. The summed E-state index contributed by atoms with van der Waals surface area (Å²) in [7, 11) is -4.14. The second kappa shape index (κ2) is 12.8. The van der Waals surface area contributed by atoms with E-state index in [1.807, 2.05) is 36.9 Å². The van der Waals surface area contributed by atoms with Gasteiger partial charge >= 0.3 is 6.09 Å². The maximum Gasteiger partial charge on any atom is 0.407 e. The normalized spacial score (nSPS) is 24.9. The van der Waals surface area contributed by atoms with Gasteiger partial charge < -0.3 is 19.7 Å². The van der Waals surface area contributed by atoms with Crippen molar-refractivity contribution in [1.82, 2.24) is 20.2 Å². The van der Waals surface area contributed by atoms with Gasteiger partial charge in [-0.25, -0.2) is 22.9 Å². The van der Waals surface area contributed by atoms with Gasteiger partial charge in [-0.15, -0.1) is 0 Å². The van der Waals surface area contributed by atoms with Crippen molar-refractivity contribution in [2.24, 2.45) is 11.3 Å². The van der Waals surface area contributed by atoms with Crippen LogP contribution in [0.1, 0.15) is 74.4 Å². The van der Waals surface area contributed by atoms with Crippen molar-refractivity contribution in [2.45, 2.75) is 89.7 Å². The lowest BCUT2D eigenvalue weighted by Crippen LogP contribution is -2.64. The number of hydrogen-bond acceptors (Lipinski definition) is 8. The van der Waals surface area contributed by atoms with Crippen LogP contribution >= 0.6 is 0 Å². The summed E-state index contributed by atoms with van der Waals surface area (Å²) in [5, 5.41) is 2.93. The molecule has 2 aliphatic carbocycles. The van der Waals surface area contributed by atoms with Crippen LogP contribution in [-0.4, -0.2) is 66.6 Å². The van der Waals surface area contributed by atoms with Gasteiger partial charge in [0.25, 0.3) is 15.9 Å². The van der Waals surface area contributed by atoms with E-state index in [1.54, 1.807) is 25.1 Å². The zero-order chi connectivity index (χ0) is 33.5. The summed E-state index contributed by atoms with van der Waals surface area (Å²) >= 11 is 0. The Kier molecular flexibility index (Phi) is 8.90. The highest BCUT2D eigenvalue weighted by atomic mass is 32.2. The number of carbonyl (C=O) groups is 2. The van der Waals surface area contributed by atoms with Gasteiger partial charge in [0.15, 0.2) is 0 Å². The quantitative estimate of drug-likeness (QED) is 0.335. The van der Waals surface area contributed by atoms with E-state index in [4.69, 9.17) is 9.47 Å². The molecule has 2 saturated carbocycles. The fraction of sp³-hybridized carbons (Fsp3) is 0.486. The maximum absolute atomic E-state index is 14.4. The number of ether oxygens (including phenoxy) is 2. The number of hydrogen-bond donors (Lipinski definition) is 2. The molecule has 0 saturated heterocycles. The molecule has 3 aromatic rings. The van der Waals surface area contributed by atoms with Gasteiger partial charge in [-0.2, -0.15) is 4.98 Å². The van der Waals surface area contributed by atoms with E-state index >= 15 is 0 Å². The first kappa shape index (κ1) is 32.7. The van der Waals surface area contributed by atoms with Gasteiger partial charge in [-0.3, -0.25) is 4.79 Å². The van der Waals surface area contributed by atoms with Gasteiger partial charge in [0, 0.05) is 29.3 Å². The Hall–Kier alpha value is -4.19. The average Bonchev–Trinajstić information content (AvgIpc) is 2.96. The first-order valence-electron chi connectivity index (χ1n) is 16.3. The minimum absolute atomic E-state index is 0.0521. The van der Waals surface area contributed by atoms with Crippen molar-refractivity contribution in [3.63, 3.8) is 0 Å². The van der Waals surface area contributed by atoms with E-state index in [9.17, 15) is 18.0 Å². The number of sulfonamides is 1. The highest BCUT2D eigenvalue weighted by Gasteiger charge is 2.56. The van der Waals surface area contributed by atoms with Crippen molar-refractivity contribution in [1.29, 1.82) is 0 Å². The fourth-order valence-electron chi connectivity index (χ4n) is 7.53. The Bertz CT molecular complexity index is 1760. The first-order valence-corrected chi connectivity index (χ1v) is 17.8. The Morgan fingerprint density at radius 3 is 2.47 bits per heavy atom.